The predicted molar refractivity (Wildman–Crippen MR) is 61.5 cm³/mol. The summed E-state index contributed by atoms with van der Waals surface area (Å²) in [5.74, 6) is -0.0925. The highest BCUT2D eigenvalue weighted by molar-refractivity contribution is 5.83. The average molecular weight is 219 g/mol. The van der Waals surface area contributed by atoms with Gasteiger partial charge in [0.2, 0.25) is 5.91 Å². The minimum Gasteiger partial charge on any atom is -0.367 e. The summed E-state index contributed by atoms with van der Waals surface area (Å²) in [5.41, 5.74) is -0.839. The maximum absolute atomic E-state index is 11.8. The Kier molecular flexibility index (Phi) is 2.50. The molecule has 1 aromatic rings. The van der Waals surface area contributed by atoms with Crippen molar-refractivity contribution in [1.29, 1.82) is 0 Å². The minimum absolute atomic E-state index is 0.0925. The molecule has 3 heteroatoms. The number of aliphatic hydroxyl groups is 1. The third-order valence-corrected chi connectivity index (χ3v) is 3.30. The van der Waals surface area contributed by atoms with E-state index in [4.69, 9.17) is 0 Å². The number of rotatable bonds is 1. The van der Waals surface area contributed by atoms with Crippen molar-refractivity contribution in [3.05, 3.63) is 35.9 Å². The van der Waals surface area contributed by atoms with Crippen LogP contribution >= 0.6 is 0 Å². The smallest absolute Gasteiger partial charge is 0.228 e. The summed E-state index contributed by atoms with van der Waals surface area (Å²) in [6.45, 7) is 3.79. The van der Waals surface area contributed by atoms with Gasteiger partial charge in [0.05, 0.1) is 0 Å². The summed E-state index contributed by atoms with van der Waals surface area (Å²) in [7, 11) is 0. The third kappa shape index (κ3) is 1.83. The number of piperidine rings is 1. The number of hydrogen-bond acceptors (Lipinski definition) is 2. The lowest BCUT2D eigenvalue weighted by Crippen LogP contribution is -2.55. The average Bonchev–Trinajstić information content (AvgIpc) is 2.26. The van der Waals surface area contributed by atoms with Crippen LogP contribution in [0, 0.1) is 5.41 Å². The second-order valence-corrected chi connectivity index (χ2v) is 5.06. The van der Waals surface area contributed by atoms with Crippen LogP contribution in [0.5, 0.6) is 0 Å². The fraction of sp³-hybridized carbons (Fsp3) is 0.462. The van der Waals surface area contributed by atoms with Crippen LogP contribution in [0.25, 0.3) is 0 Å². The van der Waals surface area contributed by atoms with Crippen molar-refractivity contribution in [3.8, 4) is 0 Å². The maximum Gasteiger partial charge on any atom is 0.228 e. The zero-order chi connectivity index (χ0) is 11.8. The van der Waals surface area contributed by atoms with Crippen molar-refractivity contribution in [2.75, 3.05) is 0 Å². The Morgan fingerprint density at radius 1 is 1.19 bits per heavy atom. The van der Waals surface area contributed by atoms with E-state index >= 15 is 0 Å². The van der Waals surface area contributed by atoms with Gasteiger partial charge in [0, 0.05) is 17.4 Å². The first kappa shape index (κ1) is 11.1. The highest BCUT2D eigenvalue weighted by Gasteiger charge is 2.43. The van der Waals surface area contributed by atoms with E-state index in [1.54, 1.807) is 0 Å². The number of hydrogen-bond donors (Lipinski definition) is 2. The van der Waals surface area contributed by atoms with Crippen LogP contribution in [0.2, 0.25) is 0 Å². The van der Waals surface area contributed by atoms with Gasteiger partial charge in [-0.2, -0.15) is 0 Å². The van der Waals surface area contributed by atoms with E-state index in [0.29, 0.717) is 12.8 Å². The largest absolute Gasteiger partial charge is 0.367 e. The van der Waals surface area contributed by atoms with Gasteiger partial charge in [-0.15, -0.1) is 0 Å². The summed E-state index contributed by atoms with van der Waals surface area (Å²) in [4.78, 5) is 11.8. The molecule has 2 rings (SSSR count). The van der Waals surface area contributed by atoms with Crippen LogP contribution in [0.15, 0.2) is 30.3 Å². The molecule has 0 saturated carbocycles. The van der Waals surface area contributed by atoms with Gasteiger partial charge in [-0.05, 0) is 6.42 Å². The van der Waals surface area contributed by atoms with Gasteiger partial charge in [-0.25, -0.2) is 0 Å². The first-order valence-electron chi connectivity index (χ1n) is 5.55. The van der Waals surface area contributed by atoms with E-state index < -0.39 is 5.72 Å². The van der Waals surface area contributed by atoms with Gasteiger partial charge >= 0.3 is 0 Å². The molecule has 1 fully saturated rings. The molecule has 3 nitrogen and oxygen atoms in total. The number of amides is 1. The van der Waals surface area contributed by atoms with Crippen molar-refractivity contribution in [1.82, 2.24) is 5.32 Å². The van der Waals surface area contributed by atoms with Crippen LogP contribution in [0.4, 0.5) is 0 Å². The third-order valence-electron chi connectivity index (χ3n) is 3.30. The molecule has 1 aliphatic heterocycles. The van der Waals surface area contributed by atoms with Crippen LogP contribution in [-0.4, -0.2) is 11.0 Å². The van der Waals surface area contributed by atoms with Crippen molar-refractivity contribution in [2.45, 2.75) is 32.4 Å². The number of nitrogens with one attached hydrogen (secondary N) is 1. The molecular weight excluding hydrogens is 202 g/mol. The minimum atomic E-state index is -1.20. The first-order chi connectivity index (χ1) is 7.44. The second kappa shape index (κ2) is 3.59. The molecule has 1 aromatic carbocycles. The van der Waals surface area contributed by atoms with Crippen LogP contribution < -0.4 is 5.32 Å². The fourth-order valence-corrected chi connectivity index (χ4v) is 1.96. The lowest BCUT2D eigenvalue weighted by atomic mass is 9.78. The Labute approximate surface area is 95.5 Å². The van der Waals surface area contributed by atoms with Crippen molar-refractivity contribution < 1.29 is 9.90 Å². The molecule has 2 N–H and O–H groups in total. The van der Waals surface area contributed by atoms with Crippen LogP contribution in [0.3, 0.4) is 0 Å². The van der Waals surface area contributed by atoms with E-state index in [9.17, 15) is 9.90 Å². The van der Waals surface area contributed by atoms with Gasteiger partial charge in [0.15, 0.2) is 5.72 Å². The van der Waals surface area contributed by atoms with E-state index in [1.165, 1.54) is 0 Å². The molecule has 1 saturated heterocycles. The van der Waals surface area contributed by atoms with Crippen molar-refractivity contribution in [3.63, 3.8) is 0 Å². The molecule has 0 bridgehead atoms. The van der Waals surface area contributed by atoms with Gasteiger partial charge < -0.3 is 10.4 Å². The Morgan fingerprint density at radius 2 is 1.81 bits per heavy atom. The summed E-state index contributed by atoms with van der Waals surface area (Å²) < 4.78 is 0. The predicted octanol–water partition coefficient (Wildman–Crippen LogP) is 1.77. The molecule has 1 unspecified atom stereocenters. The molecular formula is C13H17NO2. The normalized spacial score (nSPS) is 28.6. The number of carbonyl (C=O) groups is 1. The molecule has 1 heterocycles. The summed E-state index contributed by atoms with van der Waals surface area (Å²) in [5, 5.41) is 13.1. The standard InChI is InChI=1S/C13H17NO2/c1-12(2)8-9-13(16,14-11(12)15)10-6-4-3-5-7-10/h3-7,16H,8-9H2,1-2H3,(H,14,15). The SMILES string of the molecule is CC1(C)CCC(O)(c2ccccc2)NC1=O. The first-order valence-corrected chi connectivity index (χ1v) is 5.55. The molecule has 0 spiro atoms. The molecule has 0 aliphatic carbocycles. The zero-order valence-corrected chi connectivity index (χ0v) is 9.66. The van der Waals surface area contributed by atoms with Gasteiger partial charge in [-0.1, -0.05) is 44.2 Å². The Bertz CT molecular complexity index is 400. The van der Waals surface area contributed by atoms with Gasteiger partial charge in [-0.3, -0.25) is 4.79 Å². The second-order valence-electron chi connectivity index (χ2n) is 5.06. The maximum atomic E-state index is 11.8. The summed E-state index contributed by atoms with van der Waals surface area (Å²) in [6.07, 6.45) is 1.24. The van der Waals surface area contributed by atoms with Crippen LogP contribution in [0.1, 0.15) is 32.3 Å². The molecule has 1 atom stereocenters. The Morgan fingerprint density at radius 3 is 2.38 bits per heavy atom. The number of benzene rings is 1. The van der Waals surface area contributed by atoms with Crippen LogP contribution in [-0.2, 0) is 10.5 Å². The molecule has 86 valence electrons. The van der Waals surface area contributed by atoms with Crippen molar-refractivity contribution in [2.24, 2.45) is 5.41 Å². The zero-order valence-electron chi connectivity index (χ0n) is 9.66. The molecule has 1 aliphatic rings. The molecule has 1 amide bonds. The fourth-order valence-electron chi connectivity index (χ4n) is 1.96. The van der Waals surface area contributed by atoms with E-state index in [-0.39, 0.29) is 11.3 Å². The number of carbonyl (C=O) groups excluding carboxylic acids is 1. The monoisotopic (exact) mass is 219 g/mol. The summed E-state index contributed by atoms with van der Waals surface area (Å²) in [6, 6.07) is 9.27. The Hall–Kier alpha value is -1.35. The van der Waals surface area contributed by atoms with E-state index in [0.717, 1.165) is 5.56 Å². The van der Waals surface area contributed by atoms with E-state index in [2.05, 4.69) is 5.32 Å². The van der Waals surface area contributed by atoms with Gasteiger partial charge in [0.1, 0.15) is 0 Å². The Balaban J connectivity index is 2.27. The molecule has 0 aromatic heterocycles. The van der Waals surface area contributed by atoms with Crippen molar-refractivity contribution >= 4 is 5.91 Å². The lowest BCUT2D eigenvalue weighted by Gasteiger charge is -2.40. The lowest BCUT2D eigenvalue weighted by molar-refractivity contribution is -0.147. The highest BCUT2D eigenvalue weighted by Crippen LogP contribution is 2.36. The molecule has 16 heavy (non-hydrogen) atoms. The quantitative estimate of drug-likeness (QED) is 0.756. The summed E-state index contributed by atoms with van der Waals surface area (Å²) >= 11 is 0. The highest BCUT2D eigenvalue weighted by atomic mass is 16.3. The molecule has 0 radical (unpaired) electrons. The topological polar surface area (TPSA) is 49.3 Å². The van der Waals surface area contributed by atoms with Gasteiger partial charge in [0.25, 0.3) is 0 Å². The van der Waals surface area contributed by atoms with E-state index in [1.807, 2.05) is 44.2 Å².